The van der Waals surface area contributed by atoms with Gasteiger partial charge in [-0.1, -0.05) is 11.3 Å². The van der Waals surface area contributed by atoms with Gasteiger partial charge < -0.3 is 5.32 Å². The van der Waals surface area contributed by atoms with Gasteiger partial charge in [-0.2, -0.15) is 18.3 Å². The number of alkyl halides is 3. The summed E-state index contributed by atoms with van der Waals surface area (Å²) in [5.41, 5.74) is 0.569. The molecule has 104 valence electrons. The van der Waals surface area contributed by atoms with Crippen LogP contribution in [0.3, 0.4) is 0 Å². The van der Waals surface area contributed by atoms with E-state index in [9.17, 15) is 18.0 Å². The number of hydrogen-bond donors (Lipinski definition) is 1. The molecular weight excluding hydrogens is 281 g/mol. The highest BCUT2D eigenvalue weighted by molar-refractivity contribution is 7.16. The Hall–Kier alpha value is -1.64. The minimum Gasteiger partial charge on any atom is -0.350 e. The normalized spacial score (nSPS) is 12.0. The summed E-state index contributed by atoms with van der Waals surface area (Å²) < 4.78 is 37.3. The van der Waals surface area contributed by atoms with Crippen molar-refractivity contribution < 1.29 is 18.0 Å². The molecule has 0 aliphatic heterocycles. The van der Waals surface area contributed by atoms with Crippen molar-refractivity contribution in [2.75, 3.05) is 0 Å². The van der Waals surface area contributed by atoms with Crippen LogP contribution in [-0.2, 0) is 11.3 Å². The average molecular weight is 292 g/mol. The summed E-state index contributed by atoms with van der Waals surface area (Å²) in [6.45, 7) is 1.95. The first-order valence-corrected chi connectivity index (χ1v) is 6.30. The van der Waals surface area contributed by atoms with E-state index >= 15 is 0 Å². The molecule has 1 amide bonds. The summed E-state index contributed by atoms with van der Waals surface area (Å²) in [6, 6.07) is 0. The molecule has 0 unspecified atom stereocenters. The molecule has 0 saturated heterocycles. The fourth-order valence-electron chi connectivity index (χ4n) is 1.46. The SMILES string of the molecule is Cc1nn2cc(CNC(=O)CCC(F)(F)F)nc2s1. The minimum absolute atomic E-state index is 0.103. The van der Waals surface area contributed by atoms with Gasteiger partial charge in [0, 0.05) is 6.42 Å². The van der Waals surface area contributed by atoms with E-state index in [0.717, 1.165) is 5.01 Å². The number of carbonyl (C=O) groups excluding carboxylic acids is 1. The molecular formula is C10H11F3N4OS. The molecule has 2 rings (SSSR count). The molecule has 0 aliphatic rings. The molecule has 1 N–H and O–H groups in total. The monoisotopic (exact) mass is 292 g/mol. The second kappa shape index (κ2) is 5.16. The quantitative estimate of drug-likeness (QED) is 0.938. The third-order valence-corrected chi connectivity index (χ3v) is 3.13. The third-order valence-electron chi connectivity index (χ3n) is 2.30. The lowest BCUT2D eigenvalue weighted by Gasteiger charge is -2.06. The Labute approximate surface area is 110 Å². The van der Waals surface area contributed by atoms with Crippen molar-refractivity contribution in [3.05, 3.63) is 16.9 Å². The van der Waals surface area contributed by atoms with Crippen molar-refractivity contribution in [3.8, 4) is 0 Å². The molecule has 0 atom stereocenters. The van der Waals surface area contributed by atoms with Gasteiger partial charge in [0.2, 0.25) is 10.9 Å². The minimum atomic E-state index is -4.31. The second-order valence-corrected chi connectivity index (χ2v) is 5.13. The molecule has 9 heteroatoms. The molecule has 2 aromatic heterocycles. The lowest BCUT2D eigenvalue weighted by atomic mass is 10.3. The fraction of sp³-hybridized carbons (Fsp3) is 0.500. The fourth-order valence-corrected chi connectivity index (χ4v) is 2.21. The van der Waals surface area contributed by atoms with Gasteiger partial charge in [0.15, 0.2) is 0 Å². The Kier molecular flexibility index (Phi) is 3.74. The lowest BCUT2D eigenvalue weighted by molar-refractivity contribution is -0.144. The summed E-state index contributed by atoms with van der Waals surface area (Å²) in [5, 5.41) is 7.40. The van der Waals surface area contributed by atoms with Crippen LogP contribution in [0.4, 0.5) is 13.2 Å². The number of rotatable bonds is 4. The molecule has 0 radical (unpaired) electrons. The number of nitrogens with one attached hydrogen (secondary N) is 1. The Morgan fingerprint density at radius 2 is 2.26 bits per heavy atom. The zero-order valence-electron chi connectivity index (χ0n) is 9.99. The van der Waals surface area contributed by atoms with Crippen LogP contribution in [0.5, 0.6) is 0 Å². The average Bonchev–Trinajstić information content (AvgIpc) is 2.79. The standard InChI is InChI=1S/C10H11F3N4OS/c1-6-16-17-5-7(15-9(17)19-6)4-14-8(18)2-3-10(11,12)13/h5H,2-4H2,1H3,(H,14,18). The highest BCUT2D eigenvalue weighted by Crippen LogP contribution is 2.21. The van der Waals surface area contributed by atoms with Crippen molar-refractivity contribution >= 4 is 22.2 Å². The van der Waals surface area contributed by atoms with Crippen LogP contribution in [0.25, 0.3) is 4.96 Å². The first-order chi connectivity index (χ1) is 8.83. The van der Waals surface area contributed by atoms with Crippen LogP contribution in [-0.4, -0.2) is 26.7 Å². The number of halogens is 3. The van der Waals surface area contributed by atoms with Crippen LogP contribution in [0.2, 0.25) is 0 Å². The topological polar surface area (TPSA) is 59.3 Å². The molecule has 0 spiro atoms. The van der Waals surface area contributed by atoms with Crippen molar-refractivity contribution in [1.29, 1.82) is 0 Å². The van der Waals surface area contributed by atoms with Crippen molar-refractivity contribution in [1.82, 2.24) is 19.9 Å². The third kappa shape index (κ3) is 3.91. The Bertz CT molecular complexity index is 558. The highest BCUT2D eigenvalue weighted by atomic mass is 32.1. The Balaban J connectivity index is 1.84. The van der Waals surface area contributed by atoms with Crippen LogP contribution in [0.15, 0.2) is 6.20 Å². The van der Waals surface area contributed by atoms with E-state index in [2.05, 4.69) is 15.4 Å². The number of imidazole rings is 1. The maximum atomic E-state index is 11.9. The molecule has 5 nitrogen and oxygen atoms in total. The molecule has 2 heterocycles. The molecule has 19 heavy (non-hydrogen) atoms. The van der Waals surface area contributed by atoms with Gasteiger partial charge in [-0.05, 0) is 6.92 Å². The first kappa shape index (κ1) is 13.8. The van der Waals surface area contributed by atoms with Gasteiger partial charge in [0.05, 0.1) is 24.9 Å². The number of hydrogen-bond acceptors (Lipinski definition) is 4. The van der Waals surface area contributed by atoms with Gasteiger partial charge in [-0.3, -0.25) is 4.79 Å². The molecule has 0 aliphatic carbocycles. The van der Waals surface area contributed by atoms with E-state index in [1.807, 2.05) is 6.92 Å². The van der Waals surface area contributed by atoms with Crippen molar-refractivity contribution in [2.45, 2.75) is 32.5 Å². The van der Waals surface area contributed by atoms with E-state index in [-0.39, 0.29) is 6.54 Å². The largest absolute Gasteiger partial charge is 0.389 e. The summed E-state index contributed by atoms with van der Waals surface area (Å²) in [5.74, 6) is -0.641. The van der Waals surface area contributed by atoms with E-state index in [4.69, 9.17) is 0 Å². The summed E-state index contributed by atoms with van der Waals surface area (Å²) in [6.07, 6.45) is -4.35. The van der Waals surface area contributed by atoms with Gasteiger partial charge in [0.25, 0.3) is 0 Å². The number of nitrogens with zero attached hydrogens (tertiary/aromatic N) is 3. The molecule has 0 bridgehead atoms. The maximum Gasteiger partial charge on any atom is 0.389 e. The van der Waals surface area contributed by atoms with Crippen LogP contribution < -0.4 is 5.32 Å². The molecule has 0 fully saturated rings. The number of amides is 1. The van der Waals surface area contributed by atoms with Crippen LogP contribution >= 0.6 is 11.3 Å². The number of aromatic nitrogens is 3. The number of fused-ring (bicyclic) bond motifs is 1. The lowest BCUT2D eigenvalue weighted by Crippen LogP contribution is -2.24. The first-order valence-electron chi connectivity index (χ1n) is 5.48. The van der Waals surface area contributed by atoms with Crippen LogP contribution in [0, 0.1) is 6.92 Å². The second-order valence-electron chi connectivity index (χ2n) is 3.97. The highest BCUT2D eigenvalue weighted by Gasteiger charge is 2.27. The van der Waals surface area contributed by atoms with E-state index < -0.39 is 24.9 Å². The van der Waals surface area contributed by atoms with Crippen molar-refractivity contribution in [3.63, 3.8) is 0 Å². The number of carbonyl (C=O) groups is 1. The zero-order valence-corrected chi connectivity index (χ0v) is 10.8. The maximum absolute atomic E-state index is 11.9. The van der Waals surface area contributed by atoms with E-state index in [0.29, 0.717) is 10.7 Å². The van der Waals surface area contributed by atoms with Crippen molar-refractivity contribution in [2.24, 2.45) is 0 Å². The molecule has 0 aromatic carbocycles. The molecule has 2 aromatic rings. The zero-order chi connectivity index (χ0) is 14.0. The van der Waals surface area contributed by atoms with Gasteiger partial charge >= 0.3 is 6.18 Å². The summed E-state index contributed by atoms with van der Waals surface area (Å²) in [7, 11) is 0. The summed E-state index contributed by atoms with van der Waals surface area (Å²) in [4.78, 5) is 16.1. The Morgan fingerprint density at radius 1 is 1.53 bits per heavy atom. The van der Waals surface area contributed by atoms with E-state index in [1.165, 1.54) is 11.3 Å². The van der Waals surface area contributed by atoms with E-state index in [1.54, 1.807) is 10.7 Å². The Morgan fingerprint density at radius 3 is 2.89 bits per heavy atom. The van der Waals surface area contributed by atoms with Gasteiger partial charge in [-0.25, -0.2) is 9.50 Å². The van der Waals surface area contributed by atoms with Gasteiger partial charge in [0.1, 0.15) is 5.01 Å². The molecule has 0 saturated carbocycles. The predicted molar refractivity (Wildman–Crippen MR) is 62.7 cm³/mol. The smallest absolute Gasteiger partial charge is 0.350 e. The van der Waals surface area contributed by atoms with Crippen LogP contribution in [0.1, 0.15) is 23.5 Å². The predicted octanol–water partition coefficient (Wildman–Crippen LogP) is 2.06. The summed E-state index contributed by atoms with van der Waals surface area (Å²) >= 11 is 1.40. The van der Waals surface area contributed by atoms with Gasteiger partial charge in [-0.15, -0.1) is 0 Å². The number of aryl methyl sites for hydroxylation is 1.